The van der Waals surface area contributed by atoms with Gasteiger partial charge in [-0.1, -0.05) is 13.3 Å². The molecule has 0 spiro atoms. The molecule has 0 aliphatic heterocycles. The summed E-state index contributed by atoms with van der Waals surface area (Å²) in [6.07, 6.45) is 1.69. The summed E-state index contributed by atoms with van der Waals surface area (Å²) in [7, 11) is -1.87. The number of nitrogens with one attached hydrogen (secondary N) is 2. The average Bonchev–Trinajstić information content (AvgIpc) is 2.35. The van der Waals surface area contributed by atoms with E-state index in [4.69, 9.17) is 0 Å². The predicted octanol–water partition coefficient (Wildman–Crippen LogP) is 1.93. The maximum absolute atomic E-state index is 13.8. The largest absolute Gasteiger partial charge is 0.316 e. The minimum atomic E-state index is -3.56. The van der Waals surface area contributed by atoms with Gasteiger partial charge in [0.05, 0.1) is 4.90 Å². The first kappa shape index (κ1) is 16.1. The topological polar surface area (TPSA) is 58.2 Å². The zero-order valence-corrected chi connectivity index (χ0v) is 12.4. The van der Waals surface area contributed by atoms with Crippen molar-refractivity contribution in [1.82, 2.24) is 10.0 Å². The molecule has 0 saturated carbocycles. The fraction of sp³-hybridized carbons (Fsp3) is 0.538. The Hall–Kier alpha value is -0.980. The summed E-state index contributed by atoms with van der Waals surface area (Å²) in [5.41, 5.74) is 0.696. The highest BCUT2D eigenvalue weighted by atomic mass is 32.2. The van der Waals surface area contributed by atoms with Gasteiger partial charge in [0.2, 0.25) is 10.0 Å². The van der Waals surface area contributed by atoms with Gasteiger partial charge in [0.1, 0.15) is 5.82 Å². The summed E-state index contributed by atoms with van der Waals surface area (Å²) in [6, 6.07) is 2.75. The van der Waals surface area contributed by atoms with E-state index < -0.39 is 10.0 Å². The van der Waals surface area contributed by atoms with Gasteiger partial charge in [-0.15, -0.1) is 0 Å². The van der Waals surface area contributed by atoms with Crippen molar-refractivity contribution in [3.05, 3.63) is 29.1 Å². The van der Waals surface area contributed by atoms with Crippen LogP contribution in [0.5, 0.6) is 0 Å². The van der Waals surface area contributed by atoms with Crippen LogP contribution < -0.4 is 10.0 Å². The molecule has 1 aromatic rings. The van der Waals surface area contributed by atoms with Gasteiger partial charge < -0.3 is 5.32 Å². The van der Waals surface area contributed by atoms with E-state index >= 15 is 0 Å². The molecule has 4 nitrogen and oxygen atoms in total. The third kappa shape index (κ3) is 4.26. The van der Waals surface area contributed by atoms with Crippen molar-refractivity contribution in [2.75, 3.05) is 13.6 Å². The van der Waals surface area contributed by atoms with Gasteiger partial charge in [0.25, 0.3) is 0 Å². The Bertz CT molecular complexity index is 530. The lowest BCUT2D eigenvalue weighted by Crippen LogP contribution is -2.25. The lowest BCUT2D eigenvalue weighted by molar-refractivity contribution is 0.573. The average molecular weight is 288 g/mol. The number of benzene rings is 1. The maximum Gasteiger partial charge on any atom is 0.240 e. The number of unbranched alkanes of at least 4 members (excludes halogenated alkanes) is 1. The lowest BCUT2D eigenvalue weighted by atomic mass is 10.1. The fourth-order valence-electron chi connectivity index (χ4n) is 1.75. The molecule has 0 fully saturated rings. The zero-order chi connectivity index (χ0) is 14.5. The van der Waals surface area contributed by atoms with Gasteiger partial charge in [0.15, 0.2) is 0 Å². The molecule has 0 heterocycles. The molecule has 0 aliphatic rings. The SMILES string of the molecule is CCCCNS(=O)(=O)c1cc(C)c(F)c(CNC)c1. The Morgan fingerprint density at radius 2 is 2.00 bits per heavy atom. The van der Waals surface area contributed by atoms with E-state index in [1.54, 1.807) is 14.0 Å². The number of halogens is 1. The van der Waals surface area contributed by atoms with Crippen molar-refractivity contribution in [2.24, 2.45) is 0 Å². The van der Waals surface area contributed by atoms with Crippen molar-refractivity contribution >= 4 is 10.0 Å². The molecule has 0 radical (unpaired) electrons. The van der Waals surface area contributed by atoms with E-state index in [9.17, 15) is 12.8 Å². The van der Waals surface area contributed by atoms with Crippen molar-refractivity contribution < 1.29 is 12.8 Å². The third-order valence-corrected chi connectivity index (χ3v) is 4.24. The van der Waals surface area contributed by atoms with Crippen molar-refractivity contribution in [3.63, 3.8) is 0 Å². The van der Waals surface area contributed by atoms with Crippen molar-refractivity contribution in [2.45, 2.75) is 38.1 Å². The fourth-order valence-corrected chi connectivity index (χ4v) is 2.96. The highest BCUT2D eigenvalue weighted by Crippen LogP contribution is 2.19. The van der Waals surface area contributed by atoms with Gasteiger partial charge in [-0.2, -0.15) is 0 Å². The molecule has 1 rings (SSSR count). The minimum Gasteiger partial charge on any atom is -0.316 e. The number of hydrogen-bond acceptors (Lipinski definition) is 3. The number of aryl methyl sites for hydroxylation is 1. The van der Waals surface area contributed by atoms with Crippen LogP contribution in [0.15, 0.2) is 17.0 Å². The van der Waals surface area contributed by atoms with Crippen LogP contribution in [0.1, 0.15) is 30.9 Å². The normalized spacial score (nSPS) is 11.8. The molecule has 108 valence electrons. The second-order valence-electron chi connectivity index (χ2n) is 4.49. The summed E-state index contributed by atoms with van der Waals surface area (Å²) >= 11 is 0. The van der Waals surface area contributed by atoms with Crippen LogP contribution >= 0.6 is 0 Å². The Balaban J connectivity index is 3.06. The molecule has 0 aromatic heterocycles. The molecular formula is C13H21FN2O2S. The first-order chi connectivity index (χ1) is 8.92. The van der Waals surface area contributed by atoms with E-state index in [0.717, 1.165) is 12.8 Å². The van der Waals surface area contributed by atoms with E-state index in [1.165, 1.54) is 12.1 Å². The molecule has 0 amide bonds. The molecule has 0 atom stereocenters. The van der Waals surface area contributed by atoms with E-state index in [2.05, 4.69) is 10.0 Å². The molecule has 0 unspecified atom stereocenters. The molecule has 1 aromatic carbocycles. The van der Waals surface area contributed by atoms with Crippen LogP contribution in [0.2, 0.25) is 0 Å². The molecule has 0 bridgehead atoms. The molecular weight excluding hydrogens is 267 g/mol. The molecule has 2 N–H and O–H groups in total. The van der Waals surface area contributed by atoms with Gasteiger partial charge >= 0.3 is 0 Å². The van der Waals surface area contributed by atoms with Crippen molar-refractivity contribution in [1.29, 1.82) is 0 Å². The Kier molecular flexibility index (Phi) is 5.90. The molecule has 0 aliphatic carbocycles. The number of hydrogen-bond donors (Lipinski definition) is 2. The second kappa shape index (κ2) is 6.98. The van der Waals surface area contributed by atoms with Crippen LogP contribution in [-0.2, 0) is 16.6 Å². The van der Waals surface area contributed by atoms with E-state index in [0.29, 0.717) is 24.2 Å². The van der Waals surface area contributed by atoms with Crippen LogP contribution in [0, 0.1) is 12.7 Å². The molecule has 0 saturated heterocycles. The Morgan fingerprint density at radius 3 is 2.58 bits per heavy atom. The monoisotopic (exact) mass is 288 g/mol. The number of sulfonamides is 1. The maximum atomic E-state index is 13.8. The summed E-state index contributed by atoms with van der Waals surface area (Å²) < 4.78 is 40.5. The summed E-state index contributed by atoms with van der Waals surface area (Å²) in [4.78, 5) is 0.118. The zero-order valence-electron chi connectivity index (χ0n) is 11.6. The second-order valence-corrected chi connectivity index (χ2v) is 6.26. The third-order valence-electron chi connectivity index (χ3n) is 2.80. The summed E-state index contributed by atoms with van der Waals surface area (Å²) in [6.45, 7) is 4.25. The predicted molar refractivity (Wildman–Crippen MR) is 74.0 cm³/mol. The van der Waals surface area contributed by atoms with E-state index in [-0.39, 0.29) is 10.7 Å². The molecule has 19 heavy (non-hydrogen) atoms. The van der Waals surface area contributed by atoms with Gasteiger partial charge in [-0.3, -0.25) is 0 Å². The Labute approximate surface area is 114 Å². The van der Waals surface area contributed by atoms with E-state index in [1.807, 2.05) is 6.92 Å². The highest BCUT2D eigenvalue weighted by Gasteiger charge is 2.17. The number of rotatable bonds is 7. The minimum absolute atomic E-state index is 0.118. The summed E-state index contributed by atoms with van der Waals surface area (Å²) in [5.74, 6) is -0.359. The standard InChI is InChI=1S/C13H21FN2O2S/c1-4-5-6-16-19(17,18)12-7-10(2)13(14)11(8-12)9-15-3/h7-8,15-16H,4-6,9H2,1-3H3. The van der Waals surface area contributed by atoms with Crippen molar-refractivity contribution in [3.8, 4) is 0 Å². The van der Waals surface area contributed by atoms with Gasteiger partial charge in [-0.25, -0.2) is 17.5 Å². The van der Waals surface area contributed by atoms with Crippen LogP contribution in [0.4, 0.5) is 4.39 Å². The Morgan fingerprint density at radius 1 is 1.32 bits per heavy atom. The lowest BCUT2D eigenvalue weighted by Gasteiger charge is -2.11. The molecule has 6 heteroatoms. The van der Waals surface area contributed by atoms with Crippen LogP contribution in [0.25, 0.3) is 0 Å². The quantitative estimate of drug-likeness (QED) is 0.754. The van der Waals surface area contributed by atoms with Crippen LogP contribution in [0.3, 0.4) is 0 Å². The first-order valence-electron chi connectivity index (χ1n) is 6.35. The van der Waals surface area contributed by atoms with Gasteiger partial charge in [0, 0.05) is 18.7 Å². The van der Waals surface area contributed by atoms with Crippen LogP contribution in [-0.4, -0.2) is 22.0 Å². The summed E-state index contributed by atoms with van der Waals surface area (Å²) in [5, 5.41) is 2.83. The van der Waals surface area contributed by atoms with Gasteiger partial charge in [-0.05, 0) is 38.1 Å². The highest BCUT2D eigenvalue weighted by molar-refractivity contribution is 7.89. The first-order valence-corrected chi connectivity index (χ1v) is 7.84. The smallest absolute Gasteiger partial charge is 0.240 e.